The molecule has 1 heterocycles. The van der Waals surface area contributed by atoms with E-state index in [2.05, 4.69) is 12.2 Å². The van der Waals surface area contributed by atoms with Gasteiger partial charge in [-0.3, -0.25) is 10.1 Å². The molecule has 1 aliphatic heterocycles. The van der Waals surface area contributed by atoms with Gasteiger partial charge in [-0.1, -0.05) is 12.1 Å². The van der Waals surface area contributed by atoms with Crippen LogP contribution in [0.2, 0.25) is 0 Å². The highest BCUT2D eigenvalue weighted by Gasteiger charge is 2.23. The molecule has 2 rings (SSSR count). The fourth-order valence-corrected chi connectivity index (χ4v) is 2.48. The number of non-ortho nitro benzene ring substituents is 1. The summed E-state index contributed by atoms with van der Waals surface area (Å²) in [5.74, 6) is 0.529. The number of hydrogen-bond acceptors (Lipinski definition) is 4. The summed E-state index contributed by atoms with van der Waals surface area (Å²) < 4.78 is 5.39. The van der Waals surface area contributed by atoms with E-state index < -0.39 is 0 Å². The molecule has 3 atom stereocenters. The molecule has 1 saturated heterocycles. The Morgan fingerprint density at radius 1 is 1.47 bits per heavy atom. The first kappa shape index (κ1) is 14.0. The average molecular weight is 264 g/mol. The Labute approximate surface area is 113 Å². The van der Waals surface area contributed by atoms with Crippen molar-refractivity contribution in [3.8, 4) is 0 Å². The van der Waals surface area contributed by atoms with Gasteiger partial charge in [0.15, 0.2) is 0 Å². The van der Waals surface area contributed by atoms with Crippen LogP contribution in [0.3, 0.4) is 0 Å². The maximum atomic E-state index is 10.8. The molecule has 1 fully saturated rings. The molecule has 5 nitrogen and oxygen atoms in total. The fraction of sp³-hybridized carbons (Fsp3) is 0.571. The molecule has 3 unspecified atom stereocenters. The molecule has 0 amide bonds. The largest absolute Gasteiger partial charge is 0.381 e. The highest BCUT2D eigenvalue weighted by atomic mass is 16.6. The Hall–Kier alpha value is -1.46. The zero-order valence-corrected chi connectivity index (χ0v) is 11.3. The van der Waals surface area contributed by atoms with Crippen molar-refractivity contribution >= 4 is 5.69 Å². The number of nitro groups is 1. The Bertz CT molecular complexity index is 444. The molecule has 0 radical (unpaired) electrons. The summed E-state index contributed by atoms with van der Waals surface area (Å²) in [6, 6.07) is 7.24. The number of nitrogens with one attached hydrogen (secondary N) is 1. The van der Waals surface area contributed by atoms with Gasteiger partial charge in [0.25, 0.3) is 5.69 Å². The Morgan fingerprint density at radius 2 is 2.26 bits per heavy atom. The van der Waals surface area contributed by atoms with Crippen molar-refractivity contribution in [3.05, 3.63) is 39.9 Å². The predicted molar refractivity (Wildman–Crippen MR) is 73.0 cm³/mol. The van der Waals surface area contributed by atoms with Crippen LogP contribution in [0.4, 0.5) is 5.69 Å². The van der Waals surface area contributed by atoms with Gasteiger partial charge in [0.05, 0.1) is 11.5 Å². The smallest absolute Gasteiger partial charge is 0.269 e. The van der Waals surface area contributed by atoms with Gasteiger partial charge >= 0.3 is 0 Å². The maximum absolute atomic E-state index is 10.8. The third-order valence-corrected chi connectivity index (χ3v) is 3.77. The van der Waals surface area contributed by atoms with Gasteiger partial charge < -0.3 is 10.1 Å². The molecule has 0 aliphatic carbocycles. The lowest BCUT2D eigenvalue weighted by atomic mass is 9.98. The van der Waals surface area contributed by atoms with Crippen LogP contribution >= 0.6 is 0 Å². The third-order valence-electron chi connectivity index (χ3n) is 3.77. The van der Waals surface area contributed by atoms with E-state index >= 15 is 0 Å². The average Bonchev–Trinajstić information content (AvgIpc) is 2.92. The predicted octanol–water partition coefficient (Wildman–Crippen LogP) is 2.67. The minimum Gasteiger partial charge on any atom is -0.381 e. The Morgan fingerprint density at radius 3 is 2.89 bits per heavy atom. The molecule has 0 spiro atoms. The van der Waals surface area contributed by atoms with Crippen LogP contribution in [-0.2, 0) is 4.74 Å². The highest BCUT2D eigenvalue weighted by Crippen LogP contribution is 2.22. The van der Waals surface area contributed by atoms with Gasteiger partial charge in [0.2, 0.25) is 0 Å². The first-order chi connectivity index (χ1) is 9.08. The molecule has 1 aliphatic rings. The summed E-state index contributed by atoms with van der Waals surface area (Å²) in [5.41, 5.74) is 1.09. The van der Waals surface area contributed by atoms with E-state index in [-0.39, 0.29) is 16.7 Å². The molecule has 0 aromatic heterocycles. The second kappa shape index (κ2) is 6.12. The van der Waals surface area contributed by atoms with Crippen LogP contribution in [0.1, 0.15) is 31.9 Å². The monoisotopic (exact) mass is 264 g/mol. The molecular weight excluding hydrogens is 244 g/mol. The zero-order chi connectivity index (χ0) is 13.8. The quantitative estimate of drug-likeness (QED) is 0.656. The van der Waals surface area contributed by atoms with Gasteiger partial charge in [-0.15, -0.1) is 0 Å². The molecule has 1 N–H and O–H groups in total. The summed E-state index contributed by atoms with van der Waals surface area (Å²) in [7, 11) is 0. The van der Waals surface area contributed by atoms with Gasteiger partial charge in [0, 0.05) is 30.8 Å². The number of rotatable bonds is 5. The van der Waals surface area contributed by atoms with Gasteiger partial charge in [-0.2, -0.15) is 0 Å². The zero-order valence-electron chi connectivity index (χ0n) is 11.3. The summed E-state index contributed by atoms with van der Waals surface area (Å²) in [5, 5.41) is 14.3. The molecule has 0 bridgehead atoms. The fourth-order valence-electron chi connectivity index (χ4n) is 2.48. The summed E-state index contributed by atoms with van der Waals surface area (Å²) >= 11 is 0. The second-order valence-electron chi connectivity index (χ2n) is 5.15. The minimum absolute atomic E-state index is 0.0931. The molecular formula is C14H20N2O3. The normalized spacial score (nSPS) is 22.1. The number of nitrogens with zero attached hydrogens (tertiary/aromatic N) is 1. The first-order valence-electron chi connectivity index (χ1n) is 6.66. The van der Waals surface area contributed by atoms with E-state index in [4.69, 9.17) is 4.74 Å². The molecule has 19 heavy (non-hydrogen) atoms. The minimum atomic E-state index is -0.357. The Balaban J connectivity index is 2.00. The molecule has 0 saturated carbocycles. The van der Waals surface area contributed by atoms with Gasteiger partial charge in [-0.05, 0) is 31.7 Å². The first-order valence-corrected chi connectivity index (χ1v) is 6.66. The van der Waals surface area contributed by atoms with Crippen LogP contribution < -0.4 is 5.32 Å². The van der Waals surface area contributed by atoms with Crippen LogP contribution in [0.15, 0.2) is 24.3 Å². The number of ether oxygens (including phenoxy) is 1. The van der Waals surface area contributed by atoms with E-state index in [1.807, 2.05) is 13.0 Å². The SMILES string of the molecule is CC(NC(C)C1CCOC1)c1cccc([N+](=O)[O-])c1. The number of nitro benzene ring substituents is 1. The summed E-state index contributed by atoms with van der Waals surface area (Å²) in [6.45, 7) is 5.82. The molecule has 5 heteroatoms. The summed E-state index contributed by atoms with van der Waals surface area (Å²) in [6.07, 6.45) is 1.08. The maximum Gasteiger partial charge on any atom is 0.269 e. The van der Waals surface area contributed by atoms with Crippen molar-refractivity contribution in [2.75, 3.05) is 13.2 Å². The van der Waals surface area contributed by atoms with Crippen molar-refractivity contribution in [1.29, 1.82) is 0 Å². The lowest BCUT2D eigenvalue weighted by Crippen LogP contribution is -2.35. The van der Waals surface area contributed by atoms with E-state index in [0.717, 1.165) is 25.2 Å². The van der Waals surface area contributed by atoms with Crippen molar-refractivity contribution in [1.82, 2.24) is 5.32 Å². The molecule has 1 aromatic carbocycles. The van der Waals surface area contributed by atoms with Crippen molar-refractivity contribution < 1.29 is 9.66 Å². The van der Waals surface area contributed by atoms with E-state index in [9.17, 15) is 10.1 Å². The van der Waals surface area contributed by atoms with Gasteiger partial charge in [0.1, 0.15) is 0 Å². The van der Waals surface area contributed by atoms with E-state index in [1.165, 1.54) is 6.07 Å². The lowest BCUT2D eigenvalue weighted by molar-refractivity contribution is -0.384. The molecule has 104 valence electrons. The second-order valence-corrected chi connectivity index (χ2v) is 5.15. The van der Waals surface area contributed by atoms with Crippen molar-refractivity contribution in [3.63, 3.8) is 0 Å². The third kappa shape index (κ3) is 3.52. The summed E-state index contributed by atoms with van der Waals surface area (Å²) in [4.78, 5) is 10.4. The topological polar surface area (TPSA) is 64.4 Å². The number of hydrogen-bond donors (Lipinski definition) is 1. The Kier molecular flexibility index (Phi) is 4.50. The van der Waals surface area contributed by atoms with Crippen molar-refractivity contribution in [2.24, 2.45) is 5.92 Å². The van der Waals surface area contributed by atoms with Crippen LogP contribution in [0, 0.1) is 16.0 Å². The van der Waals surface area contributed by atoms with E-state index in [1.54, 1.807) is 12.1 Å². The van der Waals surface area contributed by atoms with Crippen LogP contribution in [0.25, 0.3) is 0 Å². The number of benzene rings is 1. The standard InChI is InChI=1S/C14H20N2O3/c1-10(15-11(2)13-6-7-19-9-13)12-4-3-5-14(8-12)16(17)18/h3-5,8,10-11,13,15H,6-7,9H2,1-2H3. The van der Waals surface area contributed by atoms with E-state index in [0.29, 0.717) is 12.0 Å². The van der Waals surface area contributed by atoms with Crippen LogP contribution in [0.5, 0.6) is 0 Å². The highest BCUT2D eigenvalue weighted by molar-refractivity contribution is 5.35. The van der Waals surface area contributed by atoms with Crippen LogP contribution in [-0.4, -0.2) is 24.2 Å². The lowest BCUT2D eigenvalue weighted by Gasteiger charge is -2.24. The molecule has 1 aromatic rings. The van der Waals surface area contributed by atoms with Crippen molar-refractivity contribution in [2.45, 2.75) is 32.4 Å². The van der Waals surface area contributed by atoms with Gasteiger partial charge in [-0.25, -0.2) is 0 Å².